The van der Waals surface area contributed by atoms with Crippen molar-refractivity contribution < 1.29 is 19.8 Å². The summed E-state index contributed by atoms with van der Waals surface area (Å²) in [5, 5.41) is 20.1. The number of amides is 1. The average molecular weight is 293 g/mol. The van der Waals surface area contributed by atoms with E-state index in [4.69, 9.17) is 33.4 Å². The van der Waals surface area contributed by atoms with Crippen LogP contribution in [0.15, 0.2) is 12.3 Å². The first-order valence-electron chi connectivity index (χ1n) is 4.92. The van der Waals surface area contributed by atoms with Gasteiger partial charge in [-0.05, 0) is 6.07 Å². The third-order valence-electron chi connectivity index (χ3n) is 2.05. The van der Waals surface area contributed by atoms with Gasteiger partial charge in [0.15, 0.2) is 6.10 Å². The summed E-state index contributed by atoms with van der Waals surface area (Å²) >= 11 is 11.4. The van der Waals surface area contributed by atoms with Gasteiger partial charge in [0.25, 0.3) is 5.91 Å². The minimum atomic E-state index is -1.51. The van der Waals surface area contributed by atoms with Crippen molar-refractivity contribution in [1.82, 2.24) is 10.3 Å². The number of hydrogen-bond donors (Lipinski definition) is 3. The van der Waals surface area contributed by atoms with E-state index < -0.39 is 18.0 Å². The first-order chi connectivity index (χ1) is 8.41. The van der Waals surface area contributed by atoms with Crippen LogP contribution in [0.4, 0.5) is 0 Å². The van der Waals surface area contributed by atoms with Crippen molar-refractivity contribution in [3.63, 3.8) is 0 Å². The molecule has 6 nitrogen and oxygen atoms in total. The van der Waals surface area contributed by atoms with Gasteiger partial charge < -0.3 is 15.5 Å². The molecule has 0 radical (unpaired) electrons. The molecule has 0 spiro atoms. The van der Waals surface area contributed by atoms with Crippen molar-refractivity contribution in [2.24, 2.45) is 0 Å². The zero-order valence-electron chi connectivity index (χ0n) is 9.06. The van der Waals surface area contributed by atoms with E-state index in [1.807, 2.05) is 0 Å². The Morgan fingerprint density at radius 2 is 2.11 bits per heavy atom. The Kier molecular flexibility index (Phi) is 5.33. The topological polar surface area (TPSA) is 99.5 Å². The lowest BCUT2D eigenvalue weighted by molar-refractivity contribution is -0.146. The number of pyridine rings is 1. The zero-order valence-corrected chi connectivity index (χ0v) is 10.6. The summed E-state index contributed by atoms with van der Waals surface area (Å²) in [7, 11) is 0. The predicted octanol–water partition coefficient (Wildman–Crippen LogP) is 0.954. The molecule has 8 heteroatoms. The number of carboxylic acids is 1. The normalized spacial score (nSPS) is 11.9. The van der Waals surface area contributed by atoms with E-state index >= 15 is 0 Å². The van der Waals surface area contributed by atoms with Crippen LogP contribution in [-0.4, -0.2) is 39.7 Å². The van der Waals surface area contributed by atoms with Crippen LogP contribution in [0.5, 0.6) is 0 Å². The fourth-order valence-corrected chi connectivity index (χ4v) is 1.48. The molecule has 0 aliphatic rings. The molecule has 1 rings (SSSR count). The minimum absolute atomic E-state index is 0.00255. The monoisotopic (exact) mass is 292 g/mol. The molecule has 0 saturated heterocycles. The number of carbonyl (C=O) groups excluding carboxylic acids is 1. The van der Waals surface area contributed by atoms with Crippen LogP contribution in [0.1, 0.15) is 16.8 Å². The number of aliphatic hydroxyl groups is 1. The largest absolute Gasteiger partial charge is 0.479 e. The number of halogens is 2. The highest BCUT2D eigenvalue weighted by atomic mass is 35.5. The second kappa shape index (κ2) is 6.53. The van der Waals surface area contributed by atoms with E-state index in [9.17, 15) is 9.59 Å². The standard InChI is InChI=1S/C10H10Cl2N2O4/c11-6-4-14-8(12)3-5(6)9(16)13-2-1-7(15)10(17)18/h3-4,7,15H,1-2H2,(H,13,16)(H,17,18)/t7-/m0/s1. The third kappa shape index (κ3) is 4.14. The molecule has 1 atom stereocenters. The lowest BCUT2D eigenvalue weighted by Gasteiger charge is -2.08. The molecule has 1 aromatic heterocycles. The number of aliphatic carboxylic acids is 1. The maximum absolute atomic E-state index is 11.7. The molecule has 0 bridgehead atoms. The fourth-order valence-electron chi connectivity index (χ4n) is 1.13. The highest BCUT2D eigenvalue weighted by Gasteiger charge is 2.15. The Bertz CT molecular complexity index is 467. The quantitative estimate of drug-likeness (QED) is 0.702. The maximum atomic E-state index is 11.7. The van der Waals surface area contributed by atoms with Gasteiger partial charge >= 0.3 is 5.97 Å². The molecule has 1 aromatic rings. The van der Waals surface area contributed by atoms with E-state index in [2.05, 4.69) is 10.3 Å². The van der Waals surface area contributed by atoms with Crippen LogP contribution in [0.3, 0.4) is 0 Å². The SMILES string of the molecule is O=C(NCC[C@H](O)C(=O)O)c1cc(Cl)ncc1Cl. The first-order valence-corrected chi connectivity index (χ1v) is 5.67. The lowest BCUT2D eigenvalue weighted by atomic mass is 10.2. The van der Waals surface area contributed by atoms with Gasteiger partial charge in [-0.2, -0.15) is 0 Å². The van der Waals surface area contributed by atoms with Crippen LogP contribution in [0.25, 0.3) is 0 Å². The highest BCUT2D eigenvalue weighted by Crippen LogP contribution is 2.17. The molecular formula is C10H10Cl2N2O4. The number of nitrogens with zero attached hydrogens (tertiary/aromatic N) is 1. The number of aliphatic hydroxyl groups excluding tert-OH is 1. The van der Waals surface area contributed by atoms with Gasteiger partial charge in [-0.1, -0.05) is 23.2 Å². The second-order valence-corrected chi connectivity index (χ2v) is 4.18. The van der Waals surface area contributed by atoms with E-state index in [-0.39, 0.29) is 28.7 Å². The van der Waals surface area contributed by atoms with E-state index in [1.54, 1.807) is 0 Å². The Balaban J connectivity index is 2.55. The summed E-state index contributed by atoms with van der Waals surface area (Å²) < 4.78 is 0. The van der Waals surface area contributed by atoms with E-state index in [1.165, 1.54) is 12.3 Å². The Hall–Kier alpha value is -1.37. The molecule has 3 N–H and O–H groups in total. The number of hydrogen-bond acceptors (Lipinski definition) is 4. The van der Waals surface area contributed by atoms with E-state index in [0.717, 1.165) is 0 Å². The van der Waals surface area contributed by atoms with Crippen LogP contribution in [-0.2, 0) is 4.79 Å². The zero-order chi connectivity index (χ0) is 13.7. The van der Waals surface area contributed by atoms with Gasteiger partial charge in [-0.25, -0.2) is 9.78 Å². The molecule has 0 saturated carbocycles. The van der Waals surface area contributed by atoms with Crippen molar-refractivity contribution in [2.45, 2.75) is 12.5 Å². The van der Waals surface area contributed by atoms with Gasteiger partial charge in [-0.3, -0.25) is 4.79 Å². The van der Waals surface area contributed by atoms with Crippen molar-refractivity contribution in [3.05, 3.63) is 28.0 Å². The Morgan fingerprint density at radius 1 is 1.44 bits per heavy atom. The summed E-state index contributed by atoms with van der Waals surface area (Å²) in [6.45, 7) is 0.00255. The molecule has 0 aliphatic carbocycles. The summed E-state index contributed by atoms with van der Waals surface area (Å²) in [6.07, 6.45) is -0.371. The number of aromatic nitrogens is 1. The van der Waals surface area contributed by atoms with Gasteiger partial charge in [0.2, 0.25) is 0 Å². The molecule has 0 unspecified atom stereocenters. The molecular weight excluding hydrogens is 283 g/mol. The molecule has 1 heterocycles. The summed E-state index contributed by atoms with van der Waals surface area (Å²) in [6, 6.07) is 1.30. The van der Waals surface area contributed by atoms with Crippen molar-refractivity contribution in [3.8, 4) is 0 Å². The maximum Gasteiger partial charge on any atom is 0.332 e. The Morgan fingerprint density at radius 3 is 2.72 bits per heavy atom. The smallest absolute Gasteiger partial charge is 0.332 e. The average Bonchev–Trinajstić information content (AvgIpc) is 2.31. The molecule has 0 aromatic carbocycles. The fraction of sp³-hybridized carbons (Fsp3) is 0.300. The van der Waals surface area contributed by atoms with Crippen LogP contribution < -0.4 is 5.32 Å². The molecule has 0 fully saturated rings. The van der Waals surface area contributed by atoms with Crippen LogP contribution >= 0.6 is 23.2 Å². The predicted molar refractivity (Wildman–Crippen MR) is 64.8 cm³/mol. The molecule has 0 aliphatic heterocycles. The number of rotatable bonds is 5. The molecule has 1 amide bonds. The van der Waals surface area contributed by atoms with Crippen molar-refractivity contribution in [2.75, 3.05) is 6.54 Å². The van der Waals surface area contributed by atoms with Gasteiger partial charge in [-0.15, -0.1) is 0 Å². The Labute approximate surface area is 113 Å². The van der Waals surface area contributed by atoms with Gasteiger partial charge in [0, 0.05) is 19.2 Å². The molecule has 18 heavy (non-hydrogen) atoms. The molecule has 98 valence electrons. The minimum Gasteiger partial charge on any atom is -0.479 e. The first kappa shape index (κ1) is 14.7. The van der Waals surface area contributed by atoms with Crippen molar-refractivity contribution in [1.29, 1.82) is 0 Å². The lowest BCUT2D eigenvalue weighted by Crippen LogP contribution is -2.30. The summed E-state index contributed by atoms with van der Waals surface area (Å²) in [5.41, 5.74) is 0.140. The van der Waals surface area contributed by atoms with Crippen LogP contribution in [0, 0.1) is 0 Å². The second-order valence-electron chi connectivity index (χ2n) is 3.39. The third-order valence-corrected chi connectivity index (χ3v) is 2.56. The number of carboxylic acid groups (broad SMARTS) is 1. The van der Waals surface area contributed by atoms with Gasteiger partial charge in [0.1, 0.15) is 5.15 Å². The van der Waals surface area contributed by atoms with Crippen molar-refractivity contribution >= 4 is 35.1 Å². The van der Waals surface area contributed by atoms with E-state index in [0.29, 0.717) is 0 Å². The number of carbonyl (C=O) groups is 2. The summed E-state index contributed by atoms with van der Waals surface area (Å²) in [4.78, 5) is 25.7. The number of nitrogens with one attached hydrogen (secondary N) is 1. The van der Waals surface area contributed by atoms with Crippen LogP contribution in [0.2, 0.25) is 10.2 Å². The highest BCUT2D eigenvalue weighted by molar-refractivity contribution is 6.35. The summed E-state index contributed by atoms with van der Waals surface area (Å²) in [5.74, 6) is -1.85. The van der Waals surface area contributed by atoms with Gasteiger partial charge in [0.05, 0.1) is 10.6 Å².